The zero-order valence-electron chi connectivity index (χ0n) is 16.2. The number of methoxy groups -OCH3 is 1. The van der Waals surface area contributed by atoms with Gasteiger partial charge in [-0.05, 0) is 16.7 Å². The van der Waals surface area contributed by atoms with E-state index in [1.165, 1.54) is 7.11 Å². The second kappa shape index (κ2) is 10.9. The average Bonchev–Trinajstić information content (AvgIpc) is 3.08. The monoisotopic (exact) mass is 399 g/mol. The number of hydrogen-bond acceptors (Lipinski definition) is 6. The standard InChI is InChI=1S/C21H25N3O5/c1-26-21-18(25)20(28-13-16-10-6-3-7-11-16)19(29-21)17(23-24-22)14-27-12-15-8-4-2-5-9-15/h2-11,17-21,25H,12-14H2,1H3/t17-,18-,19-,20-,21?/m1/s1. The van der Waals surface area contributed by atoms with Crippen LogP contribution in [0.2, 0.25) is 0 Å². The molecule has 0 aliphatic carbocycles. The Morgan fingerprint density at radius 1 is 1.07 bits per heavy atom. The van der Waals surface area contributed by atoms with Gasteiger partial charge in [0.25, 0.3) is 0 Å². The topological polar surface area (TPSA) is 106 Å². The Morgan fingerprint density at radius 3 is 2.28 bits per heavy atom. The number of aliphatic hydroxyl groups excluding tert-OH is 1. The van der Waals surface area contributed by atoms with E-state index in [2.05, 4.69) is 10.0 Å². The van der Waals surface area contributed by atoms with Gasteiger partial charge in [-0.15, -0.1) is 0 Å². The fraction of sp³-hybridized carbons (Fsp3) is 0.429. The summed E-state index contributed by atoms with van der Waals surface area (Å²) in [5.74, 6) is 0. The fourth-order valence-corrected chi connectivity index (χ4v) is 3.26. The molecule has 1 saturated heterocycles. The van der Waals surface area contributed by atoms with Gasteiger partial charge in [0, 0.05) is 12.0 Å². The Balaban J connectivity index is 1.66. The molecule has 0 bridgehead atoms. The molecule has 2 aromatic rings. The van der Waals surface area contributed by atoms with Crippen LogP contribution in [0.25, 0.3) is 10.4 Å². The molecule has 5 atom stereocenters. The van der Waals surface area contributed by atoms with Gasteiger partial charge < -0.3 is 24.1 Å². The van der Waals surface area contributed by atoms with E-state index in [4.69, 9.17) is 24.5 Å². The maximum atomic E-state index is 10.6. The van der Waals surface area contributed by atoms with E-state index in [1.54, 1.807) is 0 Å². The zero-order valence-corrected chi connectivity index (χ0v) is 16.2. The van der Waals surface area contributed by atoms with Crippen LogP contribution in [0.1, 0.15) is 11.1 Å². The molecule has 0 aromatic heterocycles. The Labute approximate surface area is 169 Å². The maximum absolute atomic E-state index is 10.6. The minimum Gasteiger partial charge on any atom is -0.385 e. The zero-order chi connectivity index (χ0) is 20.5. The number of nitrogens with zero attached hydrogens (tertiary/aromatic N) is 3. The van der Waals surface area contributed by atoms with Crippen molar-refractivity contribution in [1.82, 2.24) is 0 Å². The normalized spacial score (nSPS) is 24.8. The van der Waals surface area contributed by atoms with Crippen molar-refractivity contribution in [2.75, 3.05) is 13.7 Å². The van der Waals surface area contributed by atoms with Crippen molar-refractivity contribution in [2.45, 2.75) is 43.9 Å². The third-order valence-electron chi connectivity index (χ3n) is 4.73. The van der Waals surface area contributed by atoms with Crippen LogP contribution in [0.4, 0.5) is 0 Å². The molecular weight excluding hydrogens is 374 g/mol. The van der Waals surface area contributed by atoms with Crippen molar-refractivity contribution in [3.63, 3.8) is 0 Å². The highest BCUT2D eigenvalue weighted by molar-refractivity contribution is 5.14. The lowest BCUT2D eigenvalue weighted by Crippen LogP contribution is -2.42. The summed E-state index contributed by atoms with van der Waals surface area (Å²) in [5, 5.41) is 14.4. The van der Waals surface area contributed by atoms with Gasteiger partial charge in [-0.3, -0.25) is 0 Å². The molecule has 0 amide bonds. The summed E-state index contributed by atoms with van der Waals surface area (Å²) in [6.07, 6.45) is -3.31. The first-order chi connectivity index (χ1) is 14.2. The van der Waals surface area contributed by atoms with Gasteiger partial charge in [-0.2, -0.15) is 0 Å². The van der Waals surface area contributed by atoms with E-state index in [9.17, 15) is 5.11 Å². The SMILES string of the molecule is COC1O[C@H]([C@@H](COCc2ccccc2)N=[N+]=[N-])[C@H](OCc2ccccc2)[C@H]1O. The summed E-state index contributed by atoms with van der Waals surface area (Å²) in [5.41, 5.74) is 11.0. The van der Waals surface area contributed by atoms with Gasteiger partial charge in [0.1, 0.15) is 18.3 Å². The van der Waals surface area contributed by atoms with Crippen LogP contribution in [-0.4, -0.2) is 49.5 Å². The lowest BCUT2D eigenvalue weighted by molar-refractivity contribution is -0.153. The largest absolute Gasteiger partial charge is 0.385 e. The molecule has 8 heteroatoms. The van der Waals surface area contributed by atoms with Crippen LogP contribution < -0.4 is 0 Å². The lowest BCUT2D eigenvalue weighted by atomic mass is 10.0. The summed E-state index contributed by atoms with van der Waals surface area (Å²) in [6.45, 7) is 0.779. The van der Waals surface area contributed by atoms with Crippen LogP contribution in [0, 0.1) is 0 Å². The summed E-state index contributed by atoms with van der Waals surface area (Å²) in [6, 6.07) is 18.6. The molecule has 1 aliphatic heterocycles. The van der Waals surface area contributed by atoms with E-state index >= 15 is 0 Å². The van der Waals surface area contributed by atoms with E-state index < -0.39 is 30.6 Å². The van der Waals surface area contributed by atoms with Crippen molar-refractivity contribution in [1.29, 1.82) is 0 Å². The highest BCUT2D eigenvalue weighted by Crippen LogP contribution is 2.29. The van der Waals surface area contributed by atoms with Crippen molar-refractivity contribution in [3.8, 4) is 0 Å². The second-order valence-corrected chi connectivity index (χ2v) is 6.73. The van der Waals surface area contributed by atoms with Gasteiger partial charge in [-0.25, -0.2) is 0 Å². The Kier molecular flexibility index (Phi) is 8.01. The molecule has 0 radical (unpaired) electrons. The number of ether oxygens (including phenoxy) is 4. The number of hydrogen-bond donors (Lipinski definition) is 1. The molecule has 154 valence electrons. The first-order valence-corrected chi connectivity index (χ1v) is 9.40. The maximum Gasteiger partial charge on any atom is 0.186 e. The highest BCUT2D eigenvalue weighted by atomic mass is 16.7. The third-order valence-corrected chi connectivity index (χ3v) is 4.73. The van der Waals surface area contributed by atoms with Crippen LogP contribution in [0.5, 0.6) is 0 Å². The van der Waals surface area contributed by atoms with Crippen LogP contribution in [0.3, 0.4) is 0 Å². The molecule has 1 heterocycles. The highest BCUT2D eigenvalue weighted by Gasteiger charge is 2.48. The smallest absolute Gasteiger partial charge is 0.186 e. The fourth-order valence-electron chi connectivity index (χ4n) is 3.26. The molecule has 1 unspecified atom stereocenters. The minimum atomic E-state index is -1.01. The molecule has 0 spiro atoms. The number of rotatable bonds is 10. The molecule has 2 aromatic carbocycles. The predicted molar refractivity (Wildman–Crippen MR) is 106 cm³/mol. The summed E-state index contributed by atoms with van der Waals surface area (Å²) in [4.78, 5) is 2.92. The second-order valence-electron chi connectivity index (χ2n) is 6.73. The van der Waals surface area contributed by atoms with E-state index in [0.29, 0.717) is 6.61 Å². The number of benzene rings is 2. The van der Waals surface area contributed by atoms with Crippen molar-refractivity contribution < 1.29 is 24.1 Å². The van der Waals surface area contributed by atoms with E-state index in [0.717, 1.165) is 11.1 Å². The molecule has 1 aliphatic rings. The predicted octanol–water partition coefficient (Wildman–Crippen LogP) is 3.20. The van der Waals surface area contributed by atoms with Crippen LogP contribution in [-0.2, 0) is 32.2 Å². The average molecular weight is 399 g/mol. The van der Waals surface area contributed by atoms with Gasteiger partial charge in [-0.1, -0.05) is 65.8 Å². The van der Waals surface area contributed by atoms with Crippen LogP contribution in [0.15, 0.2) is 65.8 Å². The number of azide groups is 1. The molecular formula is C21H25N3O5. The summed E-state index contributed by atoms with van der Waals surface area (Å²) >= 11 is 0. The molecule has 8 nitrogen and oxygen atoms in total. The van der Waals surface area contributed by atoms with Gasteiger partial charge in [0.2, 0.25) is 0 Å². The molecule has 1 fully saturated rings. The third kappa shape index (κ3) is 5.77. The van der Waals surface area contributed by atoms with Crippen molar-refractivity contribution >= 4 is 0 Å². The van der Waals surface area contributed by atoms with Crippen LogP contribution >= 0.6 is 0 Å². The first kappa shape index (κ1) is 21.3. The van der Waals surface area contributed by atoms with Gasteiger partial charge >= 0.3 is 0 Å². The van der Waals surface area contributed by atoms with Crippen molar-refractivity contribution in [3.05, 3.63) is 82.2 Å². The van der Waals surface area contributed by atoms with Gasteiger partial charge in [0.15, 0.2) is 6.29 Å². The quantitative estimate of drug-likeness (QED) is 0.375. The van der Waals surface area contributed by atoms with Crippen molar-refractivity contribution in [2.24, 2.45) is 5.11 Å². The molecule has 0 saturated carbocycles. The molecule has 29 heavy (non-hydrogen) atoms. The number of aliphatic hydroxyl groups is 1. The summed E-state index contributed by atoms with van der Waals surface area (Å²) in [7, 11) is 1.44. The Bertz CT molecular complexity index is 785. The van der Waals surface area contributed by atoms with E-state index in [-0.39, 0.29) is 13.2 Å². The molecule has 3 rings (SSSR count). The lowest BCUT2D eigenvalue weighted by Gasteiger charge is -2.25. The molecule has 1 N–H and O–H groups in total. The first-order valence-electron chi connectivity index (χ1n) is 9.40. The van der Waals surface area contributed by atoms with E-state index in [1.807, 2.05) is 60.7 Å². The van der Waals surface area contributed by atoms with Gasteiger partial charge in [0.05, 0.1) is 25.9 Å². The Morgan fingerprint density at radius 2 is 1.69 bits per heavy atom. The Hall–Kier alpha value is -2.45. The summed E-state index contributed by atoms with van der Waals surface area (Å²) < 4.78 is 22.7. The minimum absolute atomic E-state index is 0.123.